The van der Waals surface area contributed by atoms with Gasteiger partial charge in [0, 0.05) is 6.42 Å². The molecule has 2 atom stereocenters. The van der Waals surface area contributed by atoms with Crippen molar-refractivity contribution < 1.29 is 14.3 Å². The van der Waals surface area contributed by atoms with Gasteiger partial charge in [-0.1, -0.05) is 24.3 Å². The van der Waals surface area contributed by atoms with Gasteiger partial charge in [-0.15, -0.1) is 0 Å². The number of carbonyl (C=O) groups is 2. The van der Waals surface area contributed by atoms with Gasteiger partial charge in [0.1, 0.15) is 6.10 Å². The van der Waals surface area contributed by atoms with E-state index in [2.05, 4.69) is 23.5 Å². The molecule has 0 spiro atoms. The summed E-state index contributed by atoms with van der Waals surface area (Å²) < 4.78 is 5.89. The average Bonchev–Trinajstić information content (AvgIpc) is 2.42. The van der Waals surface area contributed by atoms with Crippen LogP contribution in [0.5, 0.6) is 0 Å². The first-order valence-corrected chi connectivity index (χ1v) is 6.78. The number of carbonyl (C=O) groups excluding carboxylic acids is 2. The highest BCUT2D eigenvalue weighted by atomic mass is 16.5. The van der Waals surface area contributed by atoms with Crippen molar-refractivity contribution in [3.05, 3.63) is 35.4 Å². The minimum Gasteiger partial charge on any atom is -0.365 e. The van der Waals surface area contributed by atoms with Crippen LogP contribution in [0.15, 0.2) is 24.3 Å². The second kappa shape index (κ2) is 5.13. The molecule has 0 bridgehead atoms. The van der Waals surface area contributed by atoms with Crippen molar-refractivity contribution >= 4 is 11.8 Å². The standard InChI is InChI=1S/C15H17NO3/c17-14-8-7-13(15(18)16-14)19-12-6-5-10-3-1-2-4-11(10)9-12/h1-4,12-13H,5-9H2,(H,16,17,18). The first-order chi connectivity index (χ1) is 9.22. The first kappa shape index (κ1) is 12.4. The lowest BCUT2D eigenvalue weighted by atomic mass is 9.89. The number of imide groups is 1. The molecule has 1 aromatic carbocycles. The van der Waals surface area contributed by atoms with Crippen LogP contribution in [-0.4, -0.2) is 24.0 Å². The van der Waals surface area contributed by atoms with Gasteiger partial charge in [-0.2, -0.15) is 0 Å². The summed E-state index contributed by atoms with van der Waals surface area (Å²) in [4.78, 5) is 22.8. The first-order valence-electron chi connectivity index (χ1n) is 6.78. The summed E-state index contributed by atoms with van der Waals surface area (Å²) in [6.07, 6.45) is 3.28. The maximum Gasteiger partial charge on any atom is 0.255 e. The summed E-state index contributed by atoms with van der Waals surface area (Å²) in [5.74, 6) is -0.478. The fourth-order valence-corrected chi connectivity index (χ4v) is 2.82. The van der Waals surface area contributed by atoms with Crippen molar-refractivity contribution in [2.45, 2.75) is 44.3 Å². The summed E-state index contributed by atoms with van der Waals surface area (Å²) in [5, 5.41) is 2.34. The van der Waals surface area contributed by atoms with Crippen molar-refractivity contribution in [2.75, 3.05) is 0 Å². The highest BCUT2D eigenvalue weighted by Crippen LogP contribution is 2.25. The van der Waals surface area contributed by atoms with Crippen LogP contribution in [-0.2, 0) is 27.2 Å². The van der Waals surface area contributed by atoms with E-state index < -0.39 is 6.10 Å². The van der Waals surface area contributed by atoms with E-state index in [0.717, 1.165) is 19.3 Å². The quantitative estimate of drug-likeness (QED) is 0.816. The third kappa shape index (κ3) is 2.68. The van der Waals surface area contributed by atoms with E-state index in [-0.39, 0.29) is 17.9 Å². The van der Waals surface area contributed by atoms with Crippen LogP contribution in [0, 0.1) is 0 Å². The number of rotatable bonds is 2. The molecule has 1 aromatic rings. The summed E-state index contributed by atoms with van der Waals surface area (Å²) in [6.45, 7) is 0. The lowest BCUT2D eigenvalue weighted by molar-refractivity contribution is -0.147. The van der Waals surface area contributed by atoms with Crippen LogP contribution in [0.1, 0.15) is 30.4 Å². The average molecular weight is 259 g/mol. The normalized spacial score (nSPS) is 26.7. The maximum atomic E-state index is 11.7. The van der Waals surface area contributed by atoms with Crippen molar-refractivity contribution in [2.24, 2.45) is 0 Å². The molecule has 1 aliphatic heterocycles. The Labute approximate surface area is 112 Å². The third-order valence-electron chi connectivity index (χ3n) is 3.85. The van der Waals surface area contributed by atoms with Crippen LogP contribution in [0.4, 0.5) is 0 Å². The molecule has 2 unspecified atom stereocenters. The van der Waals surface area contributed by atoms with Crippen LogP contribution >= 0.6 is 0 Å². The molecule has 19 heavy (non-hydrogen) atoms. The Bertz CT molecular complexity index is 512. The smallest absolute Gasteiger partial charge is 0.255 e. The van der Waals surface area contributed by atoms with Crippen molar-refractivity contribution in [1.82, 2.24) is 5.32 Å². The van der Waals surface area contributed by atoms with E-state index in [9.17, 15) is 9.59 Å². The number of nitrogens with one attached hydrogen (secondary N) is 1. The van der Waals surface area contributed by atoms with Gasteiger partial charge in [-0.05, 0) is 36.8 Å². The Hall–Kier alpha value is -1.68. The topological polar surface area (TPSA) is 55.4 Å². The van der Waals surface area contributed by atoms with E-state index >= 15 is 0 Å². The molecule has 2 amide bonds. The maximum absolute atomic E-state index is 11.7. The fourth-order valence-electron chi connectivity index (χ4n) is 2.82. The molecular weight excluding hydrogens is 242 g/mol. The van der Waals surface area contributed by atoms with Crippen LogP contribution < -0.4 is 5.32 Å². The summed E-state index contributed by atoms with van der Waals surface area (Å²) in [6, 6.07) is 8.36. The Kier molecular flexibility index (Phi) is 3.34. The molecule has 4 nitrogen and oxygen atoms in total. The number of aryl methyl sites for hydroxylation is 1. The molecule has 4 heteroatoms. The molecule has 1 heterocycles. The van der Waals surface area contributed by atoms with Crippen molar-refractivity contribution in [3.8, 4) is 0 Å². The van der Waals surface area contributed by atoms with Gasteiger partial charge in [0.05, 0.1) is 6.10 Å². The van der Waals surface area contributed by atoms with Gasteiger partial charge in [0.15, 0.2) is 0 Å². The van der Waals surface area contributed by atoms with E-state index in [1.165, 1.54) is 11.1 Å². The molecule has 1 aliphatic carbocycles. The molecule has 2 aliphatic rings. The largest absolute Gasteiger partial charge is 0.365 e. The molecular formula is C15H17NO3. The van der Waals surface area contributed by atoms with Crippen molar-refractivity contribution in [1.29, 1.82) is 0 Å². The highest BCUT2D eigenvalue weighted by molar-refractivity contribution is 5.99. The van der Waals surface area contributed by atoms with E-state index in [4.69, 9.17) is 4.74 Å². The van der Waals surface area contributed by atoms with E-state index in [1.54, 1.807) is 0 Å². The van der Waals surface area contributed by atoms with Crippen molar-refractivity contribution in [3.63, 3.8) is 0 Å². The Morgan fingerprint density at radius 2 is 1.84 bits per heavy atom. The monoisotopic (exact) mass is 259 g/mol. The second-order valence-electron chi connectivity index (χ2n) is 5.21. The highest BCUT2D eigenvalue weighted by Gasteiger charge is 2.30. The fraction of sp³-hybridized carbons (Fsp3) is 0.467. The van der Waals surface area contributed by atoms with Gasteiger partial charge in [-0.3, -0.25) is 14.9 Å². The van der Waals surface area contributed by atoms with Gasteiger partial charge in [0.2, 0.25) is 5.91 Å². The van der Waals surface area contributed by atoms with E-state index in [1.807, 2.05) is 6.07 Å². The summed E-state index contributed by atoms with van der Waals surface area (Å²) >= 11 is 0. The third-order valence-corrected chi connectivity index (χ3v) is 3.85. The predicted molar refractivity (Wildman–Crippen MR) is 69.5 cm³/mol. The Morgan fingerprint density at radius 1 is 1.05 bits per heavy atom. The van der Waals surface area contributed by atoms with Crippen LogP contribution in [0.2, 0.25) is 0 Å². The molecule has 1 saturated heterocycles. The minimum absolute atomic E-state index is 0.0823. The van der Waals surface area contributed by atoms with E-state index in [0.29, 0.717) is 12.8 Å². The molecule has 3 rings (SSSR count). The zero-order valence-electron chi connectivity index (χ0n) is 10.7. The summed E-state index contributed by atoms with van der Waals surface area (Å²) in [7, 11) is 0. The molecule has 1 N–H and O–H groups in total. The van der Waals surface area contributed by atoms with Gasteiger partial charge in [-0.25, -0.2) is 0 Å². The Morgan fingerprint density at radius 3 is 2.63 bits per heavy atom. The van der Waals surface area contributed by atoms with Crippen LogP contribution in [0.25, 0.3) is 0 Å². The van der Waals surface area contributed by atoms with Gasteiger partial charge >= 0.3 is 0 Å². The number of amides is 2. The molecule has 100 valence electrons. The zero-order valence-corrected chi connectivity index (χ0v) is 10.7. The predicted octanol–water partition coefficient (Wildman–Crippen LogP) is 1.37. The lowest BCUT2D eigenvalue weighted by Crippen LogP contribution is -2.46. The molecule has 0 saturated carbocycles. The number of hydrogen-bond donors (Lipinski definition) is 1. The number of ether oxygens (including phenoxy) is 1. The molecule has 0 radical (unpaired) electrons. The zero-order chi connectivity index (χ0) is 13.2. The number of fused-ring (bicyclic) bond motifs is 1. The SMILES string of the molecule is O=C1CCC(OC2CCc3ccccc3C2)C(=O)N1. The van der Waals surface area contributed by atoms with Gasteiger partial charge in [0.25, 0.3) is 5.91 Å². The van der Waals surface area contributed by atoms with Gasteiger partial charge < -0.3 is 4.74 Å². The second-order valence-corrected chi connectivity index (χ2v) is 5.21. The number of hydrogen-bond acceptors (Lipinski definition) is 3. The number of piperidine rings is 1. The number of benzene rings is 1. The minimum atomic E-state index is -0.465. The molecule has 0 aromatic heterocycles. The lowest BCUT2D eigenvalue weighted by Gasteiger charge is -2.29. The van der Waals surface area contributed by atoms with Crippen LogP contribution in [0.3, 0.4) is 0 Å². The molecule has 1 fully saturated rings. The Balaban J connectivity index is 1.63. The summed E-state index contributed by atoms with van der Waals surface area (Å²) in [5.41, 5.74) is 2.69.